The van der Waals surface area contributed by atoms with Crippen molar-refractivity contribution in [3.05, 3.63) is 64.1 Å². The Kier molecular flexibility index (Phi) is 7.72. The van der Waals surface area contributed by atoms with Gasteiger partial charge in [0.15, 0.2) is 11.3 Å². The molecule has 2 heterocycles. The Bertz CT molecular complexity index is 925. The monoisotopic (exact) mass is 487 g/mol. The fourth-order valence-electron chi connectivity index (χ4n) is 3.20. The molecule has 30 heavy (non-hydrogen) atoms. The maximum atomic E-state index is 13.2. The van der Waals surface area contributed by atoms with Gasteiger partial charge in [-0.15, -0.1) is 11.3 Å². The zero-order chi connectivity index (χ0) is 21.6. The lowest BCUT2D eigenvalue weighted by molar-refractivity contribution is -0.122. The molecule has 0 saturated carbocycles. The van der Waals surface area contributed by atoms with E-state index in [1.807, 2.05) is 36.5 Å². The van der Waals surface area contributed by atoms with Gasteiger partial charge in [-0.1, -0.05) is 48.0 Å². The van der Waals surface area contributed by atoms with Crippen LogP contribution in [0.4, 0.5) is 0 Å². The number of nitrogens with zero attached hydrogens (tertiary/aromatic N) is 2. The minimum atomic E-state index is -0.995. The first-order valence-corrected chi connectivity index (χ1v) is 11.9. The molecule has 1 aromatic carbocycles. The number of aliphatic imine (C=N–C) groups is 1. The van der Waals surface area contributed by atoms with Gasteiger partial charge >= 0.3 is 0 Å². The van der Waals surface area contributed by atoms with E-state index in [4.69, 9.17) is 0 Å². The molecule has 1 N–H and O–H groups in total. The summed E-state index contributed by atoms with van der Waals surface area (Å²) in [7, 11) is 0. The van der Waals surface area contributed by atoms with Crippen LogP contribution >= 0.6 is 27.3 Å². The van der Waals surface area contributed by atoms with Gasteiger partial charge in [-0.05, 0) is 43.0 Å². The van der Waals surface area contributed by atoms with Crippen LogP contribution in [0, 0.1) is 0 Å². The van der Waals surface area contributed by atoms with Crippen LogP contribution in [0.15, 0.2) is 53.7 Å². The molecule has 0 aliphatic carbocycles. The number of carbonyl (C=O) groups excluding carboxylic acids is 2. The van der Waals surface area contributed by atoms with Crippen LogP contribution in [0.3, 0.4) is 0 Å². The summed E-state index contributed by atoms with van der Waals surface area (Å²) in [4.78, 5) is 35.5. The van der Waals surface area contributed by atoms with Gasteiger partial charge in [0.05, 0.1) is 0 Å². The second-order valence-electron chi connectivity index (χ2n) is 7.61. The van der Waals surface area contributed by atoms with Crippen LogP contribution in [0.2, 0.25) is 0 Å². The summed E-state index contributed by atoms with van der Waals surface area (Å²) in [6.45, 7) is 4.80. The number of ketones is 1. The summed E-state index contributed by atoms with van der Waals surface area (Å²) in [5.74, 6) is 0.326. The topological polar surface area (TPSA) is 71.4 Å². The van der Waals surface area contributed by atoms with Crippen LogP contribution in [-0.2, 0) is 10.3 Å². The second-order valence-corrected chi connectivity index (χ2v) is 9.97. The minimum Gasteiger partial charge on any atom is -0.352 e. The van der Waals surface area contributed by atoms with E-state index in [1.165, 1.54) is 0 Å². The highest BCUT2D eigenvalue weighted by Crippen LogP contribution is 2.37. The zero-order valence-corrected chi connectivity index (χ0v) is 19.6. The fraction of sp³-hybridized carbons (Fsp3) is 0.391. The molecular formula is C23H26BrN3O2S. The van der Waals surface area contributed by atoms with Gasteiger partial charge in [-0.3, -0.25) is 14.6 Å². The SMILES string of the molecule is CC(C)c1cnc(C2(C(=O)CC(Br)CCCNC(=O)c3ccccc3)C=CC=N2)s1. The third-order valence-corrected chi connectivity index (χ3v) is 7.17. The minimum absolute atomic E-state index is 0.0178. The summed E-state index contributed by atoms with van der Waals surface area (Å²) >= 11 is 5.19. The molecule has 1 amide bonds. The molecule has 3 rings (SSSR count). The summed E-state index contributed by atoms with van der Waals surface area (Å²) in [6, 6.07) is 9.16. The average Bonchev–Trinajstić information content (AvgIpc) is 3.42. The van der Waals surface area contributed by atoms with Crippen LogP contribution in [0.1, 0.15) is 59.3 Å². The Morgan fingerprint density at radius 3 is 2.63 bits per heavy atom. The van der Waals surface area contributed by atoms with Crippen molar-refractivity contribution in [3.8, 4) is 0 Å². The molecule has 5 nitrogen and oxygen atoms in total. The lowest BCUT2D eigenvalue weighted by Gasteiger charge is -2.22. The molecule has 0 radical (unpaired) electrons. The first kappa shape index (κ1) is 22.6. The molecule has 0 spiro atoms. The fourth-order valence-corrected chi connectivity index (χ4v) is 4.88. The van der Waals surface area contributed by atoms with E-state index in [2.05, 4.69) is 45.1 Å². The van der Waals surface area contributed by atoms with Crippen LogP contribution in [0.25, 0.3) is 0 Å². The lowest BCUT2D eigenvalue weighted by atomic mass is 9.92. The molecule has 2 unspecified atom stereocenters. The Morgan fingerprint density at radius 2 is 2.00 bits per heavy atom. The molecule has 158 valence electrons. The summed E-state index contributed by atoms with van der Waals surface area (Å²) in [5.41, 5.74) is -0.342. The van der Waals surface area contributed by atoms with Gasteiger partial charge in [0.2, 0.25) is 0 Å². The quantitative estimate of drug-likeness (QED) is 0.377. The average molecular weight is 488 g/mol. The number of halogens is 1. The van der Waals surface area contributed by atoms with Crippen LogP contribution in [-0.4, -0.2) is 34.3 Å². The molecule has 2 atom stereocenters. The van der Waals surface area contributed by atoms with E-state index in [9.17, 15) is 9.59 Å². The summed E-state index contributed by atoms with van der Waals surface area (Å²) in [6.07, 6.45) is 9.10. The molecule has 0 saturated heterocycles. The maximum absolute atomic E-state index is 13.2. The van der Waals surface area contributed by atoms with Crippen LogP contribution < -0.4 is 5.32 Å². The number of nitrogens with one attached hydrogen (secondary N) is 1. The molecule has 0 fully saturated rings. The largest absolute Gasteiger partial charge is 0.352 e. The van der Waals surface area contributed by atoms with Crippen molar-refractivity contribution < 1.29 is 9.59 Å². The predicted molar refractivity (Wildman–Crippen MR) is 126 cm³/mol. The van der Waals surface area contributed by atoms with Crippen molar-refractivity contribution in [1.82, 2.24) is 10.3 Å². The van der Waals surface area contributed by atoms with Crippen molar-refractivity contribution in [2.45, 2.75) is 49.4 Å². The van der Waals surface area contributed by atoms with E-state index in [-0.39, 0.29) is 16.5 Å². The first-order valence-electron chi connectivity index (χ1n) is 10.1. The molecular weight excluding hydrogens is 462 g/mol. The summed E-state index contributed by atoms with van der Waals surface area (Å²) in [5, 5.41) is 3.65. The summed E-state index contributed by atoms with van der Waals surface area (Å²) < 4.78 is 0. The number of benzene rings is 1. The van der Waals surface area contributed by atoms with E-state index in [0.29, 0.717) is 24.4 Å². The highest BCUT2D eigenvalue weighted by atomic mass is 79.9. The van der Waals surface area contributed by atoms with E-state index in [1.54, 1.807) is 29.7 Å². The molecule has 2 aromatic rings. The van der Waals surface area contributed by atoms with Gasteiger partial charge in [0, 0.05) is 40.6 Å². The number of Topliss-reactive ketones (excluding diaryl/α,β-unsaturated/α-hetero) is 1. The van der Waals surface area contributed by atoms with Gasteiger partial charge in [-0.25, -0.2) is 4.98 Å². The molecule has 7 heteroatoms. The second kappa shape index (κ2) is 10.3. The maximum Gasteiger partial charge on any atom is 0.251 e. The van der Waals surface area contributed by atoms with Gasteiger partial charge in [-0.2, -0.15) is 0 Å². The van der Waals surface area contributed by atoms with Crippen LogP contribution in [0.5, 0.6) is 0 Å². The normalized spacial score (nSPS) is 18.7. The first-order chi connectivity index (χ1) is 14.4. The zero-order valence-electron chi connectivity index (χ0n) is 17.2. The van der Waals surface area contributed by atoms with Gasteiger partial charge in [0.1, 0.15) is 5.01 Å². The highest BCUT2D eigenvalue weighted by molar-refractivity contribution is 9.09. The number of amides is 1. The van der Waals surface area contributed by atoms with E-state index in [0.717, 1.165) is 22.7 Å². The third kappa shape index (κ3) is 5.32. The van der Waals surface area contributed by atoms with Gasteiger partial charge in [0.25, 0.3) is 5.91 Å². The third-order valence-electron chi connectivity index (χ3n) is 4.97. The molecule has 1 aliphatic heterocycles. The van der Waals surface area contributed by atoms with Gasteiger partial charge < -0.3 is 5.32 Å². The Labute approximate surface area is 189 Å². The number of carbonyl (C=O) groups is 2. The number of alkyl halides is 1. The van der Waals surface area contributed by atoms with Crippen molar-refractivity contribution in [2.24, 2.45) is 4.99 Å². The van der Waals surface area contributed by atoms with Crippen molar-refractivity contribution >= 4 is 45.2 Å². The number of hydrogen-bond donors (Lipinski definition) is 1. The molecule has 1 aliphatic rings. The highest BCUT2D eigenvalue weighted by Gasteiger charge is 2.41. The number of rotatable bonds is 10. The molecule has 0 bridgehead atoms. The number of thiazole rings is 1. The van der Waals surface area contributed by atoms with Crippen molar-refractivity contribution in [1.29, 1.82) is 0 Å². The number of allylic oxidation sites excluding steroid dienone is 1. The lowest BCUT2D eigenvalue weighted by Crippen LogP contribution is -2.32. The standard InChI is InChI=1S/C23H26BrN3O2S/c1-16(2)19-15-26-22(30-19)23(11-7-13-27-23)20(28)14-18(24)10-6-12-25-21(29)17-8-4-3-5-9-17/h3-5,7-9,11,13,15-16,18H,6,10,12,14H2,1-2H3,(H,25,29). The van der Waals surface area contributed by atoms with Crippen molar-refractivity contribution in [2.75, 3.05) is 6.54 Å². The van der Waals surface area contributed by atoms with E-state index >= 15 is 0 Å². The Morgan fingerprint density at radius 1 is 1.23 bits per heavy atom. The van der Waals surface area contributed by atoms with Crippen molar-refractivity contribution in [3.63, 3.8) is 0 Å². The predicted octanol–water partition coefficient (Wildman–Crippen LogP) is 5.04. The smallest absolute Gasteiger partial charge is 0.251 e. The number of aromatic nitrogens is 1. The molecule has 1 aromatic heterocycles. The van der Waals surface area contributed by atoms with E-state index < -0.39 is 5.54 Å². The Balaban J connectivity index is 1.52. The Hall–Kier alpha value is -2.12. The number of hydrogen-bond acceptors (Lipinski definition) is 5.